The molecule has 0 radical (unpaired) electrons. The highest BCUT2D eigenvalue weighted by Gasteiger charge is 2.37. The topological polar surface area (TPSA) is 91.8 Å². The lowest BCUT2D eigenvalue weighted by molar-refractivity contribution is -0.148. The van der Waals surface area contributed by atoms with E-state index in [-0.39, 0.29) is 58.7 Å². The Morgan fingerprint density at radius 1 is 1.09 bits per heavy atom. The first-order valence-corrected chi connectivity index (χ1v) is 14.3. The van der Waals surface area contributed by atoms with E-state index in [0.717, 1.165) is 11.8 Å². The third kappa shape index (κ3) is 10.0. The monoisotopic (exact) mass is 662 g/mol. The molecule has 2 heterocycles. The Labute approximate surface area is 258 Å². The van der Waals surface area contributed by atoms with E-state index in [2.05, 4.69) is 10.3 Å². The van der Waals surface area contributed by atoms with Crippen molar-refractivity contribution in [3.63, 3.8) is 0 Å². The van der Waals surface area contributed by atoms with Gasteiger partial charge < -0.3 is 15.0 Å². The number of rotatable bonds is 11. The molecule has 1 unspecified atom stereocenters. The van der Waals surface area contributed by atoms with Crippen molar-refractivity contribution in [2.45, 2.75) is 38.2 Å². The number of hydrogen-bond acceptors (Lipinski definition) is 8. The summed E-state index contributed by atoms with van der Waals surface area (Å²) in [5, 5.41) is 2.58. The number of aromatic nitrogens is 1. The molecule has 3 rings (SSSR count). The number of alkyl halides is 6. The van der Waals surface area contributed by atoms with Gasteiger partial charge in [-0.25, -0.2) is 4.98 Å². The number of hydrogen-bond donors (Lipinski definition) is 1. The van der Waals surface area contributed by atoms with Gasteiger partial charge in [0.2, 0.25) is 5.91 Å². The number of halogens is 6. The average Bonchev–Trinajstić information content (AvgIpc) is 3.17. The molecule has 1 N–H and O–H groups in total. The lowest BCUT2D eigenvalue weighted by atomic mass is 10.0. The summed E-state index contributed by atoms with van der Waals surface area (Å²) in [6, 6.07) is 5.22. The highest BCUT2D eigenvalue weighted by atomic mass is 32.2. The summed E-state index contributed by atoms with van der Waals surface area (Å²) >= 11 is 6.16. The lowest BCUT2D eigenvalue weighted by Gasteiger charge is -2.17. The Hall–Kier alpha value is -3.50. The molecule has 0 saturated carbocycles. The van der Waals surface area contributed by atoms with E-state index in [9.17, 15) is 40.7 Å². The predicted molar refractivity (Wildman–Crippen MR) is 156 cm³/mol. The van der Waals surface area contributed by atoms with E-state index < -0.39 is 46.8 Å². The Bertz CT molecular complexity index is 1410. The van der Waals surface area contributed by atoms with Crippen molar-refractivity contribution in [3.8, 4) is 11.3 Å². The first-order chi connectivity index (χ1) is 20.4. The number of benzene rings is 1. The van der Waals surface area contributed by atoms with Crippen molar-refractivity contribution in [2.75, 3.05) is 33.7 Å². The van der Waals surface area contributed by atoms with Gasteiger partial charge in [-0.05, 0) is 57.4 Å². The van der Waals surface area contributed by atoms with Gasteiger partial charge in [-0.2, -0.15) is 26.3 Å². The molecule has 238 valence electrons. The minimum Gasteiger partial charge on any atom is -0.461 e. The predicted octanol–water partition coefficient (Wildman–Crippen LogP) is 5.38. The van der Waals surface area contributed by atoms with Crippen molar-refractivity contribution in [1.29, 1.82) is 0 Å². The van der Waals surface area contributed by atoms with Crippen LogP contribution in [0, 0.1) is 0 Å². The Balaban J connectivity index is 1.64. The van der Waals surface area contributed by atoms with Gasteiger partial charge in [-0.1, -0.05) is 30.0 Å². The number of carbonyl (C=O) groups is 3. The number of amides is 2. The van der Waals surface area contributed by atoms with Crippen molar-refractivity contribution < 1.29 is 45.5 Å². The lowest BCUT2D eigenvalue weighted by Crippen LogP contribution is -2.34. The van der Waals surface area contributed by atoms with Crippen molar-refractivity contribution >= 4 is 52.2 Å². The minimum atomic E-state index is -5.02. The van der Waals surface area contributed by atoms with Crippen LogP contribution in [0.5, 0.6) is 0 Å². The van der Waals surface area contributed by atoms with Crippen LogP contribution in [0.1, 0.15) is 36.6 Å². The molecule has 44 heavy (non-hydrogen) atoms. The van der Waals surface area contributed by atoms with Gasteiger partial charge in [-0.3, -0.25) is 19.3 Å². The van der Waals surface area contributed by atoms with Crippen molar-refractivity contribution in [1.82, 2.24) is 20.1 Å². The largest absolute Gasteiger partial charge is 0.461 e. The fourth-order valence-corrected chi connectivity index (χ4v) is 5.36. The molecule has 2 amide bonds. The summed E-state index contributed by atoms with van der Waals surface area (Å²) < 4.78 is 85.2. The normalized spacial score (nSPS) is 15.7. The fraction of sp³-hybridized carbons (Fsp3) is 0.393. The van der Waals surface area contributed by atoms with E-state index in [1.54, 1.807) is 6.92 Å². The zero-order chi connectivity index (χ0) is 32.8. The van der Waals surface area contributed by atoms with Crippen LogP contribution in [-0.4, -0.2) is 76.7 Å². The van der Waals surface area contributed by atoms with E-state index in [4.69, 9.17) is 17.0 Å². The summed E-state index contributed by atoms with van der Waals surface area (Å²) in [4.78, 5) is 44.4. The summed E-state index contributed by atoms with van der Waals surface area (Å²) in [6.45, 7) is 2.29. The molecule has 0 aliphatic carbocycles. The van der Waals surface area contributed by atoms with Crippen LogP contribution in [-0.2, 0) is 31.5 Å². The van der Waals surface area contributed by atoms with E-state index in [0.29, 0.717) is 18.7 Å². The first kappa shape index (κ1) is 35.0. The van der Waals surface area contributed by atoms with E-state index in [1.807, 2.05) is 19.0 Å². The maximum atomic E-state index is 13.3. The molecular formula is C28H28F6N4O4S2. The standard InChI is InChI=1S/C28H28F6N4O4S2/c1-16(15-37(2)3)42-24(40)7-9-35-23(39)8-10-38-25(41)22(44-26(38)43)14-20-5-4-6-21(36-20)17-11-18(27(29,30)31)13-19(12-17)28(32,33)34/h4-6,11-14,16H,7-10,15H2,1-3H3,(H,35,39)/b22-14-. The third-order valence-corrected chi connectivity index (χ3v) is 7.35. The highest BCUT2D eigenvalue weighted by molar-refractivity contribution is 8.26. The zero-order valence-electron chi connectivity index (χ0n) is 23.7. The molecule has 8 nitrogen and oxygen atoms in total. The first-order valence-electron chi connectivity index (χ1n) is 13.1. The molecule has 1 aromatic carbocycles. The Morgan fingerprint density at radius 3 is 2.32 bits per heavy atom. The van der Waals surface area contributed by atoms with Gasteiger partial charge in [0.25, 0.3) is 5.91 Å². The minimum absolute atomic E-state index is 0.0287. The number of nitrogens with one attached hydrogen (secondary N) is 1. The van der Waals surface area contributed by atoms with E-state index >= 15 is 0 Å². The summed E-state index contributed by atoms with van der Waals surface area (Å²) in [5.41, 5.74) is -3.43. The number of thioether (sulfide) groups is 1. The zero-order valence-corrected chi connectivity index (χ0v) is 25.3. The molecular weight excluding hydrogens is 634 g/mol. The molecule has 1 saturated heterocycles. The number of thiocarbonyl (C=S) groups is 1. The molecule has 1 aromatic heterocycles. The highest BCUT2D eigenvalue weighted by Crippen LogP contribution is 2.38. The van der Waals surface area contributed by atoms with Gasteiger partial charge in [-0.15, -0.1) is 0 Å². The van der Waals surface area contributed by atoms with Crippen LogP contribution < -0.4 is 5.32 Å². The maximum absolute atomic E-state index is 13.3. The number of esters is 1. The molecule has 0 bridgehead atoms. The van der Waals surface area contributed by atoms with Gasteiger partial charge in [0.15, 0.2) is 0 Å². The fourth-order valence-electron chi connectivity index (χ4n) is 4.06. The second-order valence-corrected chi connectivity index (χ2v) is 11.7. The van der Waals surface area contributed by atoms with Crippen molar-refractivity contribution in [3.05, 3.63) is 58.1 Å². The summed E-state index contributed by atoms with van der Waals surface area (Å²) in [6.07, 6.45) is -9.18. The molecule has 1 atom stereocenters. The second kappa shape index (κ2) is 14.5. The van der Waals surface area contributed by atoms with Crippen LogP contribution in [0.3, 0.4) is 0 Å². The van der Waals surface area contributed by atoms with Crippen LogP contribution in [0.25, 0.3) is 17.3 Å². The van der Waals surface area contributed by atoms with Gasteiger partial charge in [0.05, 0.1) is 33.8 Å². The van der Waals surface area contributed by atoms with Gasteiger partial charge >= 0.3 is 18.3 Å². The molecule has 1 aliphatic rings. The molecule has 1 aliphatic heterocycles. The van der Waals surface area contributed by atoms with E-state index in [1.165, 1.54) is 29.2 Å². The number of ether oxygens (including phenoxy) is 1. The van der Waals surface area contributed by atoms with Gasteiger partial charge in [0.1, 0.15) is 10.4 Å². The van der Waals surface area contributed by atoms with Gasteiger partial charge in [0, 0.05) is 31.6 Å². The summed E-state index contributed by atoms with van der Waals surface area (Å²) in [7, 11) is 3.69. The quantitative estimate of drug-likeness (QED) is 0.149. The average molecular weight is 663 g/mol. The number of likely N-dealkylation sites (N-methyl/N-ethyl adjacent to an activating group) is 1. The number of carbonyl (C=O) groups excluding carboxylic acids is 3. The second-order valence-electron chi connectivity index (χ2n) is 9.99. The van der Waals surface area contributed by atoms with Crippen LogP contribution in [0.15, 0.2) is 41.3 Å². The third-order valence-electron chi connectivity index (χ3n) is 5.98. The van der Waals surface area contributed by atoms with Crippen molar-refractivity contribution in [2.24, 2.45) is 0 Å². The Morgan fingerprint density at radius 2 is 1.73 bits per heavy atom. The van der Waals surface area contributed by atoms with Crippen LogP contribution >= 0.6 is 24.0 Å². The number of pyridine rings is 1. The smallest absolute Gasteiger partial charge is 0.416 e. The SMILES string of the molecule is CC(CN(C)C)OC(=O)CCNC(=O)CCN1C(=O)/C(=C/c2cccc(-c3cc(C(F)(F)F)cc(C(F)(F)F)c3)n2)SC1=S. The molecule has 16 heteroatoms. The number of nitrogens with zero attached hydrogens (tertiary/aromatic N) is 3. The van der Waals surface area contributed by atoms with Crippen LogP contribution in [0.2, 0.25) is 0 Å². The molecule has 2 aromatic rings. The Kier molecular flexibility index (Phi) is 11.5. The summed E-state index contributed by atoms with van der Waals surface area (Å²) in [5.74, 6) is -1.43. The van der Waals surface area contributed by atoms with Crippen LogP contribution in [0.4, 0.5) is 26.3 Å². The molecule has 1 fully saturated rings. The maximum Gasteiger partial charge on any atom is 0.416 e. The molecule has 0 spiro atoms.